The third kappa shape index (κ3) is 14.8. The van der Waals surface area contributed by atoms with E-state index >= 15 is 9.59 Å². The van der Waals surface area contributed by atoms with Crippen molar-refractivity contribution in [1.82, 2.24) is 14.8 Å². The van der Waals surface area contributed by atoms with Crippen LogP contribution >= 0.6 is 22.7 Å². The predicted molar refractivity (Wildman–Crippen MR) is 282 cm³/mol. The molecule has 2 atom stereocenters. The van der Waals surface area contributed by atoms with Gasteiger partial charge in [0, 0.05) is 23.7 Å². The van der Waals surface area contributed by atoms with Crippen molar-refractivity contribution in [3.05, 3.63) is 67.9 Å². The number of rotatable bonds is 32. The van der Waals surface area contributed by atoms with Crippen LogP contribution in [0.5, 0.6) is 0 Å². The Labute approximate surface area is 404 Å². The van der Waals surface area contributed by atoms with E-state index in [-0.39, 0.29) is 17.2 Å². The van der Waals surface area contributed by atoms with Crippen molar-refractivity contribution in [3.63, 3.8) is 0 Å². The number of carbonyl (C=O) groups excluding carboxylic acids is 2. The summed E-state index contributed by atoms with van der Waals surface area (Å²) in [5.74, 6) is 0.805. The average Bonchev–Trinajstić information content (AvgIpc) is 4.12. The van der Waals surface area contributed by atoms with Crippen LogP contribution in [0.2, 0.25) is 0 Å². The molecular formula is C57H90N4O2S2. The van der Waals surface area contributed by atoms with Crippen LogP contribution in [0.4, 0.5) is 0 Å². The van der Waals surface area contributed by atoms with Crippen molar-refractivity contribution < 1.29 is 9.59 Å². The maximum Gasteiger partial charge on any atom is 0.261 e. The molecule has 0 bridgehead atoms. The molecule has 0 aliphatic carbocycles. The van der Waals surface area contributed by atoms with Crippen molar-refractivity contribution in [3.8, 4) is 10.6 Å². The molecule has 2 amide bonds. The highest BCUT2D eigenvalue weighted by atomic mass is 32.1. The minimum Gasteiger partial charge on any atom is -0.356 e. The molecule has 3 N–H and O–H groups in total. The van der Waals surface area contributed by atoms with Gasteiger partial charge < -0.3 is 20.5 Å². The van der Waals surface area contributed by atoms with E-state index in [4.69, 9.17) is 5.73 Å². The van der Waals surface area contributed by atoms with Gasteiger partial charge in [-0.2, -0.15) is 0 Å². The van der Waals surface area contributed by atoms with E-state index in [1.807, 2.05) is 13.8 Å². The zero-order valence-corrected chi connectivity index (χ0v) is 44.2. The van der Waals surface area contributed by atoms with Crippen molar-refractivity contribution in [2.24, 2.45) is 17.6 Å². The van der Waals surface area contributed by atoms with Crippen LogP contribution in [0.25, 0.3) is 22.0 Å². The Hall–Kier alpha value is -2.94. The molecular weight excluding hydrogens is 837 g/mol. The van der Waals surface area contributed by atoms with Gasteiger partial charge in [0.05, 0.1) is 48.4 Å². The molecule has 0 saturated heterocycles. The molecule has 3 aromatic heterocycles. The lowest BCUT2D eigenvalue weighted by Gasteiger charge is -2.29. The van der Waals surface area contributed by atoms with Crippen molar-refractivity contribution in [1.29, 1.82) is 0 Å². The number of fused-ring (bicyclic) bond motifs is 1. The van der Waals surface area contributed by atoms with E-state index in [1.54, 1.807) is 22.7 Å². The minimum atomic E-state index is -0.493. The summed E-state index contributed by atoms with van der Waals surface area (Å²) in [7, 11) is 0. The monoisotopic (exact) mass is 927 g/mol. The van der Waals surface area contributed by atoms with Gasteiger partial charge in [-0.1, -0.05) is 177 Å². The van der Waals surface area contributed by atoms with Crippen LogP contribution in [-0.4, -0.2) is 39.7 Å². The van der Waals surface area contributed by atoms with Crippen LogP contribution in [-0.2, 0) is 20.5 Å². The second-order valence-electron chi connectivity index (χ2n) is 21.4. The lowest BCUT2D eigenvalue weighted by molar-refractivity contribution is -0.124. The number of nitrogens with two attached hydrogens (primary N) is 1. The topological polar surface area (TPSA) is 82.4 Å². The van der Waals surface area contributed by atoms with Crippen LogP contribution < -0.4 is 5.73 Å². The molecule has 0 aromatic carbocycles. The molecule has 0 saturated carbocycles. The van der Waals surface area contributed by atoms with Gasteiger partial charge in [-0.25, -0.2) is 0 Å². The fraction of sp³-hybridized carbons (Fsp3) is 0.684. The Bertz CT molecular complexity index is 1980. The smallest absolute Gasteiger partial charge is 0.261 e. The molecule has 8 heteroatoms. The summed E-state index contributed by atoms with van der Waals surface area (Å²) in [5.41, 5.74) is 11.0. The Morgan fingerprint density at radius 2 is 0.892 bits per heavy atom. The van der Waals surface area contributed by atoms with Gasteiger partial charge in [0.15, 0.2) is 0 Å². The molecule has 2 unspecified atom stereocenters. The first-order valence-corrected chi connectivity index (χ1v) is 28.2. The molecule has 5 heterocycles. The standard InChI is InChI=1S/C57H90N4O2S2/c1-10-14-18-22-24-28-32-42(30-26-20-16-12-3)40-60-52(46-36-35-45(64-46)44-34-38-48(59-44)57(8,9)58)50-51(55(60)63)53(47-37-39-49(65-47)56(5,6)7)61(54(50)62)41-43(31-27-21-17-13-4)33-29-25-23-19-15-11-2/h34-39,42-43,59H,10-33,40-41,58H2,1-9H3. The zero-order valence-electron chi connectivity index (χ0n) is 42.6. The molecule has 0 spiro atoms. The average molecular weight is 928 g/mol. The fourth-order valence-electron chi connectivity index (χ4n) is 9.97. The number of H-pyrrole nitrogens is 1. The number of hydrogen-bond donors (Lipinski definition) is 2. The van der Waals surface area contributed by atoms with Gasteiger partial charge in [-0.05, 0) is 93.2 Å². The number of aromatic amines is 1. The summed E-state index contributed by atoms with van der Waals surface area (Å²) in [6.07, 6.45) is 29.4. The van der Waals surface area contributed by atoms with E-state index in [1.165, 1.54) is 133 Å². The summed E-state index contributed by atoms with van der Waals surface area (Å²) in [6.45, 7) is 21.3. The van der Waals surface area contributed by atoms with Gasteiger partial charge >= 0.3 is 0 Å². The normalized spacial score (nSPS) is 15.7. The van der Waals surface area contributed by atoms with E-state index in [9.17, 15) is 0 Å². The van der Waals surface area contributed by atoms with Crippen LogP contribution in [0.15, 0.2) is 47.5 Å². The fourth-order valence-corrected chi connectivity index (χ4v) is 12.1. The number of hydrogen-bond acceptors (Lipinski definition) is 5. The number of aromatic nitrogens is 1. The maximum atomic E-state index is 15.7. The SMILES string of the molecule is CCCCCCCCC(CCCCCC)CN1C(=O)C2=C(c3ccc(C(C)(C)C)s3)N(CC(CCCCCC)CCCCCCCC)C(=O)C2=C1c1ccc(-c2ccc(C(C)(C)N)[nH]2)s1. The van der Waals surface area contributed by atoms with Gasteiger partial charge in [-0.15, -0.1) is 22.7 Å². The number of unbranched alkanes of at least 4 members (excludes halogenated alkanes) is 16. The molecule has 5 rings (SSSR count). The summed E-state index contributed by atoms with van der Waals surface area (Å²) in [4.78, 5) is 43.5. The van der Waals surface area contributed by atoms with Gasteiger partial charge in [0.2, 0.25) is 0 Å². The van der Waals surface area contributed by atoms with E-state index in [0.717, 1.165) is 63.1 Å². The number of nitrogens with one attached hydrogen (secondary N) is 1. The van der Waals surface area contributed by atoms with E-state index in [0.29, 0.717) is 36.1 Å². The quantitative estimate of drug-likeness (QED) is 0.0612. The Morgan fingerprint density at radius 1 is 0.508 bits per heavy atom. The maximum absolute atomic E-state index is 15.7. The van der Waals surface area contributed by atoms with Gasteiger partial charge in [-0.3, -0.25) is 9.59 Å². The summed E-state index contributed by atoms with van der Waals surface area (Å²) >= 11 is 3.45. The number of carbonyl (C=O) groups is 2. The molecule has 6 nitrogen and oxygen atoms in total. The zero-order chi connectivity index (χ0) is 47.0. The Balaban J connectivity index is 1.61. The first kappa shape index (κ1) is 53.0. The number of amides is 2. The highest BCUT2D eigenvalue weighted by molar-refractivity contribution is 7.16. The number of thiophene rings is 2. The largest absolute Gasteiger partial charge is 0.356 e. The van der Waals surface area contributed by atoms with E-state index < -0.39 is 5.54 Å². The molecule has 0 fully saturated rings. The number of nitrogens with zero attached hydrogens (tertiary/aromatic N) is 2. The summed E-state index contributed by atoms with van der Waals surface area (Å²) < 4.78 is 0. The highest BCUT2D eigenvalue weighted by Gasteiger charge is 2.50. The molecule has 2 aliphatic heterocycles. The predicted octanol–water partition coefficient (Wildman–Crippen LogP) is 16.8. The lowest BCUT2D eigenvalue weighted by Crippen LogP contribution is -2.34. The summed E-state index contributed by atoms with van der Waals surface area (Å²) in [6, 6.07) is 13.0. The third-order valence-corrected chi connectivity index (χ3v) is 16.6. The van der Waals surface area contributed by atoms with Crippen LogP contribution in [0.1, 0.15) is 237 Å². The Kier molecular flexibility index (Phi) is 21.2. The summed E-state index contributed by atoms with van der Waals surface area (Å²) in [5, 5.41) is 0. The lowest BCUT2D eigenvalue weighted by atomic mass is 9.93. The van der Waals surface area contributed by atoms with E-state index in [2.05, 4.69) is 99.6 Å². The highest BCUT2D eigenvalue weighted by Crippen LogP contribution is 2.51. The van der Waals surface area contributed by atoms with Crippen molar-refractivity contribution >= 4 is 45.9 Å². The second-order valence-corrected chi connectivity index (χ2v) is 23.6. The third-order valence-electron chi connectivity index (χ3n) is 14.0. The molecule has 3 aromatic rings. The molecule has 362 valence electrons. The first-order valence-electron chi connectivity index (χ1n) is 26.6. The molecule has 65 heavy (non-hydrogen) atoms. The second kappa shape index (κ2) is 26.0. The van der Waals surface area contributed by atoms with Gasteiger partial charge in [0.25, 0.3) is 11.8 Å². The van der Waals surface area contributed by atoms with Gasteiger partial charge in [0.1, 0.15) is 0 Å². The molecule has 0 radical (unpaired) electrons. The van der Waals surface area contributed by atoms with Crippen LogP contribution in [0.3, 0.4) is 0 Å². The molecule has 2 aliphatic rings. The van der Waals surface area contributed by atoms with Crippen molar-refractivity contribution in [2.45, 2.75) is 227 Å². The Morgan fingerprint density at radius 3 is 1.29 bits per heavy atom. The van der Waals surface area contributed by atoms with Crippen molar-refractivity contribution in [2.75, 3.05) is 13.1 Å². The minimum absolute atomic E-state index is 0.0190. The van der Waals surface area contributed by atoms with Crippen LogP contribution in [0, 0.1) is 11.8 Å². The first-order chi connectivity index (χ1) is 31.2.